The Labute approximate surface area is 176 Å². The molecule has 29 heavy (non-hydrogen) atoms. The smallest absolute Gasteiger partial charge is 0.174 e. The lowest BCUT2D eigenvalue weighted by molar-refractivity contribution is 0.102. The molecule has 0 atom stereocenters. The predicted molar refractivity (Wildman–Crippen MR) is 120 cm³/mol. The average molecular weight is 410 g/mol. The van der Waals surface area contributed by atoms with E-state index in [2.05, 4.69) is 4.57 Å². The minimum Gasteiger partial charge on any atom is -0.497 e. The fourth-order valence-corrected chi connectivity index (χ4v) is 4.23. The van der Waals surface area contributed by atoms with Crippen molar-refractivity contribution in [2.75, 3.05) is 19.5 Å². The first-order valence-corrected chi connectivity index (χ1v) is 10.8. The molecule has 0 unspecified atom stereocenters. The van der Waals surface area contributed by atoms with E-state index in [-0.39, 0.29) is 5.78 Å². The summed E-state index contributed by atoms with van der Waals surface area (Å²) in [5.41, 5.74) is 5.03. The summed E-state index contributed by atoms with van der Waals surface area (Å²) in [6.07, 6.45) is 0. The van der Waals surface area contributed by atoms with Crippen molar-refractivity contribution in [1.29, 1.82) is 0 Å². The lowest BCUT2D eigenvalue weighted by Crippen LogP contribution is -2.06. The first-order valence-electron chi connectivity index (χ1n) is 9.69. The summed E-state index contributed by atoms with van der Waals surface area (Å²) in [5.74, 6) is 3.11. The molecule has 0 amide bonds. The highest BCUT2D eigenvalue weighted by Gasteiger charge is 2.16. The molecule has 0 fully saturated rings. The van der Waals surface area contributed by atoms with Crippen molar-refractivity contribution in [3.8, 4) is 17.2 Å². The first kappa shape index (κ1) is 21.1. The molecule has 0 bridgehead atoms. The molecule has 3 rings (SSSR count). The van der Waals surface area contributed by atoms with Crippen molar-refractivity contribution in [2.45, 2.75) is 26.5 Å². The van der Waals surface area contributed by atoms with E-state index in [1.807, 2.05) is 75.4 Å². The molecule has 4 nitrogen and oxygen atoms in total. The van der Waals surface area contributed by atoms with Crippen LogP contribution in [0.4, 0.5) is 0 Å². The first-order chi connectivity index (χ1) is 14.0. The van der Waals surface area contributed by atoms with E-state index in [9.17, 15) is 4.79 Å². The number of ether oxygens (including phenoxy) is 2. The Bertz CT molecular complexity index is 959. The molecule has 0 N–H and O–H groups in total. The second-order valence-corrected chi connectivity index (χ2v) is 7.80. The highest BCUT2D eigenvalue weighted by molar-refractivity contribution is 7.99. The maximum absolute atomic E-state index is 12.8. The van der Waals surface area contributed by atoms with E-state index in [0.29, 0.717) is 12.4 Å². The summed E-state index contributed by atoms with van der Waals surface area (Å²) in [7, 11) is 1.66. The summed E-state index contributed by atoms with van der Waals surface area (Å²) in [6.45, 7) is 6.65. The molecule has 0 aliphatic heterocycles. The number of thioether (sulfide) groups is 1. The van der Waals surface area contributed by atoms with Crippen LogP contribution in [0.5, 0.6) is 11.5 Å². The number of nitrogens with zero attached hydrogens (tertiary/aromatic N) is 1. The normalized spacial score (nSPS) is 10.8. The summed E-state index contributed by atoms with van der Waals surface area (Å²) in [6, 6.07) is 17.9. The van der Waals surface area contributed by atoms with Crippen molar-refractivity contribution < 1.29 is 14.3 Å². The molecule has 5 heteroatoms. The molecule has 1 heterocycles. The molecule has 0 aliphatic carbocycles. The van der Waals surface area contributed by atoms with Gasteiger partial charge in [-0.15, -0.1) is 11.8 Å². The van der Waals surface area contributed by atoms with Crippen molar-refractivity contribution in [1.82, 2.24) is 4.57 Å². The zero-order valence-corrected chi connectivity index (χ0v) is 18.2. The van der Waals surface area contributed by atoms with Gasteiger partial charge >= 0.3 is 0 Å². The van der Waals surface area contributed by atoms with Gasteiger partial charge in [0.15, 0.2) is 5.78 Å². The number of benzene rings is 2. The lowest BCUT2D eigenvalue weighted by atomic mass is 10.2. The van der Waals surface area contributed by atoms with Gasteiger partial charge in [-0.05, 0) is 68.8 Å². The van der Waals surface area contributed by atoms with E-state index in [0.717, 1.165) is 39.9 Å². The van der Waals surface area contributed by atoms with Crippen molar-refractivity contribution in [3.63, 3.8) is 0 Å². The number of carbonyl (C=O) groups excluding carboxylic acids is 1. The molecule has 0 saturated carbocycles. The highest BCUT2D eigenvalue weighted by atomic mass is 32.2. The maximum atomic E-state index is 12.8. The van der Waals surface area contributed by atoms with Crippen molar-refractivity contribution in [2.24, 2.45) is 0 Å². The summed E-state index contributed by atoms with van der Waals surface area (Å²) >= 11 is 1.63. The molecule has 1 aromatic heterocycles. The summed E-state index contributed by atoms with van der Waals surface area (Å²) in [4.78, 5) is 12.8. The molecular formula is C24H27NO3S. The number of methoxy groups -OCH3 is 1. The second-order valence-electron chi connectivity index (χ2n) is 6.81. The third-order valence-corrected chi connectivity index (χ3v) is 5.80. The number of hydrogen-bond acceptors (Lipinski definition) is 4. The molecule has 0 spiro atoms. The number of Topliss-reactive ketones (excluding diaryl/α,β-unsaturated/α-hetero) is 1. The highest BCUT2D eigenvalue weighted by Crippen LogP contribution is 2.25. The molecule has 152 valence electrons. The SMILES string of the molecule is CCOc1ccc(-n2c(C)cc(C(=O)CSCc3ccc(OC)cc3)c2C)cc1. The van der Waals surface area contributed by atoms with Gasteiger partial charge in [0.2, 0.25) is 0 Å². The topological polar surface area (TPSA) is 40.5 Å². The molecular weight excluding hydrogens is 382 g/mol. The summed E-state index contributed by atoms with van der Waals surface area (Å²) in [5, 5.41) is 0. The van der Waals surface area contributed by atoms with E-state index >= 15 is 0 Å². The summed E-state index contributed by atoms with van der Waals surface area (Å²) < 4.78 is 12.8. The van der Waals surface area contributed by atoms with Gasteiger partial charge in [0.25, 0.3) is 0 Å². The van der Waals surface area contributed by atoms with Gasteiger partial charge in [-0.3, -0.25) is 4.79 Å². The number of ketones is 1. The minimum atomic E-state index is 0.161. The Hall–Kier alpha value is -2.66. The van der Waals surface area contributed by atoms with E-state index in [1.54, 1.807) is 18.9 Å². The van der Waals surface area contributed by atoms with Crippen LogP contribution in [0, 0.1) is 13.8 Å². The Morgan fingerprint density at radius 2 is 1.66 bits per heavy atom. The van der Waals surface area contributed by atoms with Gasteiger partial charge in [-0.2, -0.15) is 0 Å². The van der Waals surface area contributed by atoms with Gasteiger partial charge in [0.05, 0.1) is 19.5 Å². The Morgan fingerprint density at radius 3 is 2.28 bits per heavy atom. The molecule has 3 aromatic rings. The zero-order chi connectivity index (χ0) is 20.8. The van der Waals surface area contributed by atoms with Crippen LogP contribution in [0.15, 0.2) is 54.6 Å². The quantitative estimate of drug-likeness (QED) is 0.430. The van der Waals surface area contributed by atoms with Crippen LogP contribution in [-0.2, 0) is 5.75 Å². The number of aromatic nitrogens is 1. The molecule has 0 saturated heterocycles. The zero-order valence-electron chi connectivity index (χ0n) is 17.4. The van der Waals surface area contributed by atoms with E-state index < -0.39 is 0 Å². The van der Waals surface area contributed by atoms with Crippen molar-refractivity contribution in [3.05, 3.63) is 77.1 Å². The van der Waals surface area contributed by atoms with Gasteiger partial charge < -0.3 is 14.0 Å². The number of aryl methyl sites for hydroxylation is 1. The monoisotopic (exact) mass is 409 g/mol. The average Bonchev–Trinajstić information content (AvgIpc) is 3.03. The largest absolute Gasteiger partial charge is 0.497 e. The molecule has 2 aromatic carbocycles. The van der Waals surface area contributed by atoms with Gasteiger partial charge in [0, 0.05) is 28.4 Å². The van der Waals surface area contributed by atoms with Crippen LogP contribution in [0.25, 0.3) is 5.69 Å². The van der Waals surface area contributed by atoms with Crippen molar-refractivity contribution >= 4 is 17.5 Å². The fourth-order valence-electron chi connectivity index (χ4n) is 3.36. The second kappa shape index (κ2) is 9.70. The molecule has 0 radical (unpaired) electrons. The minimum absolute atomic E-state index is 0.161. The fraction of sp³-hybridized carbons (Fsp3) is 0.292. The third kappa shape index (κ3) is 5.04. The van der Waals surface area contributed by atoms with Gasteiger partial charge in [-0.25, -0.2) is 0 Å². The van der Waals surface area contributed by atoms with Crippen LogP contribution in [0.1, 0.15) is 34.2 Å². The Kier molecular flexibility index (Phi) is 7.04. The predicted octanol–water partition coefficient (Wildman–Crippen LogP) is 5.62. The van der Waals surface area contributed by atoms with E-state index in [4.69, 9.17) is 9.47 Å². The van der Waals surface area contributed by atoms with Crippen LogP contribution in [0.2, 0.25) is 0 Å². The maximum Gasteiger partial charge on any atom is 0.174 e. The number of hydrogen-bond donors (Lipinski definition) is 0. The number of rotatable bonds is 9. The molecule has 0 aliphatic rings. The van der Waals surface area contributed by atoms with Crippen LogP contribution in [0.3, 0.4) is 0 Å². The van der Waals surface area contributed by atoms with Crippen LogP contribution < -0.4 is 9.47 Å². The standard InChI is InChI=1S/C24H27NO3S/c1-5-28-22-12-8-20(9-13-22)25-17(2)14-23(18(25)3)24(26)16-29-15-19-6-10-21(27-4)11-7-19/h6-14H,5,15-16H2,1-4H3. The van der Waals surface area contributed by atoms with Crippen LogP contribution in [-0.4, -0.2) is 29.8 Å². The Morgan fingerprint density at radius 1 is 1.00 bits per heavy atom. The van der Waals surface area contributed by atoms with Gasteiger partial charge in [-0.1, -0.05) is 12.1 Å². The van der Waals surface area contributed by atoms with Crippen LogP contribution >= 0.6 is 11.8 Å². The van der Waals surface area contributed by atoms with E-state index in [1.165, 1.54) is 5.56 Å². The third-order valence-electron chi connectivity index (χ3n) is 4.80. The lowest BCUT2D eigenvalue weighted by Gasteiger charge is -2.11. The van der Waals surface area contributed by atoms with Gasteiger partial charge in [0.1, 0.15) is 11.5 Å². The number of carbonyl (C=O) groups is 1. The Balaban J connectivity index is 1.67.